The molecule has 0 saturated carbocycles. The van der Waals surface area contributed by atoms with Gasteiger partial charge < -0.3 is 10.1 Å². The third kappa shape index (κ3) is 3.31. The predicted octanol–water partition coefficient (Wildman–Crippen LogP) is 1.71. The van der Waals surface area contributed by atoms with Gasteiger partial charge in [-0.05, 0) is 32.9 Å². The molecular formula is C13H17NO3. The average molecular weight is 235 g/mol. The highest BCUT2D eigenvalue weighted by molar-refractivity contribution is 6.43. The third-order valence-corrected chi connectivity index (χ3v) is 2.23. The van der Waals surface area contributed by atoms with Crippen molar-refractivity contribution in [2.45, 2.75) is 26.8 Å². The van der Waals surface area contributed by atoms with Crippen LogP contribution in [0.4, 0.5) is 0 Å². The molecule has 0 spiro atoms. The van der Waals surface area contributed by atoms with Crippen molar-refractivity contribution in [3.63, 3.8) is 0 Å². The van der Waals surface area contributed by atoms with Crippen LogP contribution >= 0.6 is 0 Å². The minimum absolute atomic E-state index is 0.0674. The van der Waals surface area contributed by atoms with E-state index in [2.05, 4.69) is 5.32 Å². The Balaban J connectivity index is 3.02. The summed E-state index contributed by atoms with van der Waals surface area (Å²) in [7, 11) is 1.47. The fourth-order valence-corrected chi connectivity index (χ4v) is 1.45. The standard InChI is InChI=1S/C13H17NO3/c1-8(2)14-13(16)12(15)10-7-9(3)5-6-11(10)17-4/h5-8H,1-4H3,(H,14,16). The van der Waals surface area contributed by atoms with Gasteiger partial charge in [-0.25, -0.2) is 0 Å². The Morgan fingerprint density at radius 1 is 1.29 bits per heavy atom. The second-order valence-electron chi connectivity index (χ2n) is 4.16. The van der Waals surface area contributed by atoms with E-state index in [1.165, 1.54) is 7.11 Å². The Morgan fingerprint density at radius 2 is 1.94 bits per heavy atom. The Hall–Kier alpha value is -1.84. The molecule has 0 heterocycles. The van der Waals surface area contributed by atoms with Crippen LogP contribution in [0.2, 0.25) is 0 Å². The minimum atomic E-state index is -0.608. The lowest BCUT2D eigenvalue weighted by Crippen LogP contribution is -2.36. The molecule has 4 nitrogen and oxygen atoms in total. The lowest BCUT2D eigenvalue weighted by atomic mass is 10.1. The zero-order chi connectivity index (χ0) is 13.0. The van der Waals surface area contributed by atoms with Crippen molar-refractivity contribution in [3.8, 4) is 5.75 Å². The molecule has 0 fully saturated rings. The van der Waals surface area contributed by atoms with Crippen LogP contribution in [0.15, 0.2) is 18.2 Å². The van der Waals surface area contributed by atoms with Crippen molar-refractivity contribution in [2.75, 3.05) is 7.11 Å². The highest BCUT2D eigenvalue weighted by Crippen LogP contribution is 2.20. The second-order valence-corrected chi connectivity index (χ2v) is 4.16. The molecule has 0 unspecified atom stereocenters. The normalized spacial score (nSPS) is 10.2. The third-order valence-electron chi connectivity index (χ3n) is 2.23. The van der Waals surface area contributed by atoms with Crippen molar-refractivity contribution >= 4 is 11.7 Å². The zero-order valence-corrected chi connectivity index (χ0v) is 10.5. The molecule has 0 aliphatic carbocycles. The first-order valence-corrected chi connectivity index (χ1v) is 5.45. The number of Topliss-reactive ketones (excluding diaryl/α,β-unsaturated/α-hetero) is 1. The molecule has 0 saturated heterocycles. The van der Waals surface area contributed by atoms with Gasteiger partial charge in [0.1, 0.15) is 5.75 Å². The van der Waals surface area contributed by atoms with Gasteiger partial charge in [0.15, 0.2) is 0 Å². The largest absolute Gasteiger partial charge is 0.496 e. The lowest BCUT2D eigenvalue weighted by Gasteiger charge is -2.10. The molecule has 1 N–H and O–H groups in total. The summed E-state index contributed by atoms with van der Waals surface area (Å²) in [6.45, 7) is 5.47. The van der Waals surface area contributed by atoms with Gasteiger partial charge in [0.2, 0.25) is 0 Å². The first-order chi connectivity index (χ1) is 7.95. The number of methoxy groups -OCH3 is 1. The number of hydrogen-bond acceptors (Lipinski definition) is 3. The van der Waals surface area contributed by atoms with Crippen LogP contribution in [0.5, 0.6) is 5.75 Å². The van der Waals surface area contributed by atoms with E-state index < -0.39 is 11.7 Å². The fourth-order valence-electron chi connectivity index (χ4n) is 1.45. The number of amides is 1. The zero-order valence-electron chi connectivity index (χ0n) is 10.5. The summed E-state index contributed by atoms with van der Waals surface area (Å²) in [5.74, 6) is -0.761. The number of ketones is 1. The molecule has 4 heteroatoms. The van der Waals surface area contributed by atoms with Crippen molar-refractivity contribution < 1.29 is 14.3 Å². The first kappa shape index (κ1) is 13.2. The van der Waals surface area contributed by atoms with E-state index >= 15 is 0 Å². The van der Waals surface area contributed by atoms with Crippen LogP contribution in [0.25, 0.3) is 0 Å². The van der Waals surface area contributed by atoms with E-state index in [0.29, 0.717) is 11.3 Å². The topological polar surface area (TPSA) is 55.4 Å². The van der Waals surface area contributed by atoms with Gasteiger partial charge in [0.25, 0.3) is 11.7 Å². The number of hydrogen-bond donors (Lipinski definition) is 1. The Morgan fingerprint density at radius 3 is 2.47 bits per heavy atom. The van der Waals surface area contributed by atoms with Gasteiger partial charge in [-0.1, -0.05) is 11.6 Å². The summed E-state index contributed by atoms with van der Waals surface area (Å²) in [6.07, 6.45) is 0. The molecule has 1 aromatic rings. The highest BCUT2D eigenvalue weighted by Gasteiger charge is 2.20. The molecule has 0 aliphatic rings. The Kier molecular flexibility index (Phi) is 4.26. The Bertz CT molecular complexity index is 438. The lowest BCUT2D eigenvalue weighted by molar-refractivity contribution is -0.117. The summed E-state index contributed by atoms with van der Waals surface area (Å²) in [5, 5.41) is 2.57. The molecule has 1 aromatic carbocycles. The molecule has 0 atom stereocenters. The maximum Gasteiger partial charge on any atom is 0.292 e. The second kappa shape index (κ2) is 5.48. The van der Waals surface area contributed by atoms with E-state index in [1.54, 1.807) is 26.0 Å². The number of benzene rings is 1. The molecule has 0 radical (unpaired) electrons. The predicted molar refractivity (Wildman–Crippen MR) is 65.3 cm³/mol. The van der Waals surface area contributed by atoms with Crippen molar-refractivity contribution in [3.05, 3.63) is 29.3 Å². The quantitative estimate of drug-likeness (QED) is 0.638. The first-order valence-electron chi connectivity index (χ1n) is 5.45. The number of carbonyl (C=O) groups is 2. The van der Waals surface area contributed by atoms with Gasteiger partial charge in [0.05, 0.1) is 12.7 Å². The van der Waals surface area contributed by atoms with E-state index in [0.717, 1.165) is 5.56 Å². The molecule has 1 amide bonds. The van der Waals surface area contributed by atoms with Crippen LogP contribution < -0.4 is 10.1 Å². The van der Waals surface area contributed by atoms with E-state index in [4.69, 9.17) is 4.74 Å². The summed E-state index contributed by atoms with van der Waals surface area (Å²) in [6, 6.07) is 5.10. The van der Waals surface area contributed by atoms with Crippen LogP contribution in [-0.4, -0.2) is 24.8 Å². The SMILES string of the molecule is COc1ccc(C)cc1C(=O)C(=O)NC(C)C. The number of rotatable bonds is 4. The molecule has 1 rings (SSSR count). The number of ether oxygens (including phenoxy) is 1. The van der Waals surface area contributed by atoms with Gasteiger partial charge in [-0.15, -0.1) is 0 Å². The van der Waals surface area contributed by atoms with Crippen LogP contribution in [-0.2, 0) is 4.79 Å². The summed E-state index contributed by atoms with van der Waals surface area (Å²) < 4.78 is 5.08. The number of nitrogens with one attached hydrogen (secondary N) is 1. The maximum atomic E-state index is 11.9. The molecule has 92 valence electrons. The average Bonchev–Trinajstić information content (AvgIpc) is 2.27. The van der Waals surface area contributed by atoms with Gasteiger partial charge >= 0.3 is 0 Å². The minimum Gasteiger partial charge on any atom is -0.496 e. The molecule has 0 aliphatic heterocycles. The van der Waals surface area contributed by atoms with E-state index in [9.17, 15) is 9.59 Å². The van der Waals surface area contributed by atoms with Gasteiger partial charge in [0, 0.05) is 6.04 Å². The molecule has 17 heavy (non-hydrogen) atoms. The van der Waals surface area contributed by atoms with Crippen LogP contribution in [0.1, 0.15) is 29.8 Å². The van der Waals surface area contributed by atoms with E-state index in [-0.39, 0.29) is 6.04 Å². The maximum absolute atomic E-state index is 11.9. The van der Waals surface area contributed by atoms with Crippen LogP contribution in [0.3, 0.4) is 0 Å². The van der Waals surface area contributed by atoms with Crippen LogP contribution in [0, 0.1) is 6.92 Å². The number of aryl methyl sites for hydroxylation is 1. The van der Waals surface area contributed by atoms with Gasteiger partial charge in [-0.3, -0.25) is 9.59 Å². The summed E-state index contributed by atoms with van der Waals surface area (Å²) >= 11 is 0. The van der Waals surface area contributed by atoms with Crippen molar-refractivity contribution in [2.24, 2.45) is 0 Å². The molecule has 0 bridgehead atoms. The van der Waals surface area contributed by atoms with Gasteiger partial charge in [-0.2, -0.15) is 0 Å². The highest BCUT2D eigenvalue weighted by atomic mass is 16.5. The summed E-state index contributed by atoms with van der Waals surface area (Å²) in [4.78, 5) is 23.5. The molecule has 0 aromatic heterocycles. The van der Waals surface area contributed by atoms with Crippen molar-refractivity contribution in [1.82, 2.24) is 5.32 Å². The monoisotopic (exact) mass is 235 g/mol. The summed E-state index contributed by atoms with van der Waals surface area (Å²) in [5.41, 5.74) is 1.21. The van der Waals surface area contributed by atoms with Crippen molar-refractivity contribution in [1.29, 1.82) is 0 Å². The van der Waals surface area contributed by atoms with E-state index in [1.807, 2.05) is 13.0 Å². The Labute approximate surface area is 101 Å². The fraction of sp³-hybridized carbons (Fsp3) is 0.385. The smallest absolute Gasteiger partial charge is 0.292 e. The molecular weight excluding hydrogens is 218 g/mol. The number of carbonyl (C=O) groups excluding carboxylic acids is 2.